The number of benzene rings is 1. The van der Waals surface area contributed by atoms with Crippen LogP contribution in [0.3, 0.4) is 0 Å². The second-order valence-corrected chi connectivity index (χ2v) is 9.21. The van der Waals surface area contributed by atoms with Crippen molar-refractivity contribution in [3.63, 3.8) is 0 Å². The molecule has 1 aliphatic heterocycles. The summed E-state index contributed by atoms with van der Waals surface area (Å²) in [7, 11) is -2.68. The molecule has 0 aliphatic carbocycles. The molecule has 2 aromatic rings. The Morgan fingerprint density at radius 3 is 2.50 bits per heavy atom. The van der Waals surface area contributed by atoms with Crippen LogP contribution in [0.4, 0.5) is 5.69 Å². The van der Waals surface area contributed by atoms with E-state index in [9.17, 15) is 18.3 Å². The van der Waals surface area contributed by atoms with Crippen molar-refractivity contribution >= 4 is 44.6 Å². The highest BCUT2D eigenvalue weighted by Crippen LogP contribution is 2.34. The molecule has 10 heteroatoms. The topological polar surface area (TPSA) is 87.2 Å². The molecular formula is C16H17ClN2O5S2. The molecule has 0 spiro atoms. The number of hydrogen-bond acceptors (Lipinski definition) is 7. The van der Waals surface area contributed by atoms with E-state index in [1.165, 1.54) is 17.5 Å². The summed E-state index contributed by atoms with van der Waals surface area (Å²) in [6, 6.07) is 8.20. The first kappa shape index (κ1) is 19.0. The van der Waals surface area contributed by atoms with Gasteiger partial charge in [-0.05, 0) is 18.2 Å². The van der Waals surface area contributed by atoms with E-state index >= 15 is 0 Å². The zero-order chi connectivity index (χ0) is 18.9. The number of anilines is 1. The SMILES string of the molecule is COC(=O)c1sc(Cl)cc1S(=O)(=O)N1CCN(c2ccccc2O)CC1. The zero-order valence-corrected chi connectivity index (χ0v) is 16.3. The van der Waals surface area contributed by atoms with Crippen LogP contribution < -0.4 is 4.90 Å². The van der Waals surface area contributed by atoms with E-state index in [0.29, 0.717) is 18.8 Å². The number of ether oxygens (including phenoxy) is 1. The van der Waals surface area contributed by atoms with Crippen molar-refractivity contribution in [3.05, 3.63) is 39.5 Å². The van der Waals surface area contributed by atoms with E-state index in [-0.39, 0.29) is 32.9 Å². The van der Waals surface area contributed by atoms with Gasteiger partial charge in [0.1, 0.15) is 15.5 Å². The van der Waals surface area contributed by atoms with Crippen LogP contribution in [-0.2, 0) is 14.8 Å². The fourth-order valence-electron chi connectivity index (χ4n) is 2.81. The molecule has 1 N–H and O–H groups in total. The van der Waals surface area contributed by atoms with E-state index < -0.39 is 16.0 Å². The molecule has 0 atom stereocenters. The Labute approximate surface area is 160 Å². The summed E-state index contributed by atoms with van der Waals surface area (Å²) in [5.74, 6) is -0.574. The predicted molar refractivity (Wildman–Crippen MR) is 99.7 cm³/mol. The van der Waals surface area contributed by atoms with Crippen LogP contribution >= 0.6 is 22.9 Å². The number of phenols is 1. The minimum absolute atomic E-state index is 0.0272. The van der Waals surface area contributed by atoms with E-state index in [1.807, 2.05) is 11.0 Å². The molecule has 0 amide bonds. The van der Waals surface area contributed by atoms with Crippen molar-refractivity contribution in [1.29, 1.82) is 0 Å². The van der Waals surface area contributed by atoms with Crippen LogP contribution in [-0.4, -0.2) is 57.1 Å². The highest BCUT2D eigenvalue weighted by Gasteiger charge is 2.34. The van der Waals surface area contributed by atoms with Gasteiger partial charge in [-0.3, -0.25) is 0 Å². The third kappa shape index (κ3) is 3.52. The minimum Gasteiger partial charge on any atom is -0.506 e. The summed E-state index contributed by atoms with van der Waals surface area (Å²) < 4.78 is 32.1. The molecule has 26 heavy (non-hydrogen) atoms. The van der Waals surface area contributed by atoms with Gasteiger partial charge in [0.2, 0.25) is 10.0 Å². The van der Waals surface area contributed by atoms with E-state index in [4.69, 9.17) is 11.6 Å². The lowest BCUT2D eigenvalue weighted by atomic mass is 10.2. The largest absolute Gasteiger partial charge is 0.506 e. The summed E-state index contributed by atoms with van der Waals surface area (Å²) in [6.45, 7) is 1.29. The number of esters is 1. The van der Waals surface area contributed by atoms with Gasteiger partial charge in [0.05, 0.1) is 17.1 Å². The molecule has 0 saturated carbocycles. The number of halogens is 1. The van der Waals surface area contributed by atoms with Gasteiger partial charge in [-0.25, -0.2) is 13.2 Å². The van der Waals surface area contributed by atoms with Crippen LogP contribution in [0.25, 0.3) is 0 Å². The summed E-state index contributed by atoms with van der Waals surface area (Å²) in [6.07, 6.45) is 0. The van der Waals surface area contributed by atoms with Crippen molar-refractivity contribution < 1.29 is 23.1 Å². The summed E-state index contributed by atoms with van der Waals surface area (Å²) in [5, 5.41) is 9.96. The van der Waals surface area contributed by atoms with Gasteiger partial charge < -0.3 is 14.7 Å². The Hall–Kier alpha value is -1.81. The number of rotatable bonds is 4. The average Bonchev–Trinajstić information content (AvgIpc) is 3.04. The molecule has 2 heterocycles. The van der Waals surface area contributed by atoms with Gasteiger partial charge in [-0.1, -0.05) is 23.7 Å². The monoisotopic (exact) mass is 416 g/mol. The second-order valence-electron chi connectivity index (χ2n) is 5.62. The zero-order valence-electron chi connectivity index (χ0n) is 13.9. The molecule has 3 rings (SSSR count). The Kier molecular flexibility index (Phi) is 5.42. The number of sulfonamides is 1. The molecule has 1 aromatic heterocycles. The Morgan fingerprint density at radius 1 is 1.23 bits per heavy atom. The number of methoxy groups -OCH3 is 1. The lowest BCUT2D eigenvalue weighted by molar-refractivity contribution is 0.0602. The average molecular weight is 417 g/mol. The molecule has 1 aromatic carbocycles. The first-order valence-corrected chi connectivity index (χ1v) is 10.4. The number of carbonyl (C=O) groups is 1. The third-order valence-electron chi connectivity index (χ3n) is 4.12. The van der Waals surface area contributed by atoms with Crippen LogP contribution in [0.1, 0.15) is 9.67 Å². The maximum atomic E-state index is 13.0. The van der Waals surface area contributed by atoms with Gasteiger partial charge in [0.15, 0.2) is 0 Å². The standard InChI is InChI=1S/C16H17ClN2O5S2/c1-24-16(21)15-13(10-14(17)25-15)26(22,23)19-8-6-18(7-9-19)11-4-2-3-5-12(11)20/h2-5,10,20H,6-9H2,1H3. The number of piperazine rings is 1. The fourth-order valence-corrected chi connectivity index (χ4v) is 5.94. The van der Waals surface area contributed by atoms with Crippen LogP contribution in [0.15, 0.2) is 35.2 Å². The number of hydrogen-bond donors (Lipinski definition) is 1. The van der Waals surface area contributed by atoms with E-state index in [0.717, 1.165) is 11.3 Å². The van der Waals surface area contributed by atoms with Crippen molar-refractivity contribution in [1.82, 2.24) is 4.31 Å². The molecule has 0 bridgehead atoms. The van der Waals surface area contributed by atoms with Crippen LogP contribution in [0, 0.1) is 0 Å². The van der Waals surface area contributed by atoms with Gasteiger partial charge in [-0.15, -0.1) is 11.3 Å². The Balaban J connectivity index is 1.81. The summed E-state index contributed by atoms with van der Waals surface area (Å²) in [4.78, 5) is 13.6. The van der Waals surface area contributed by atoms with Crippen LogP contribution in [0.5, 0.6) is 5.75 Å². The lowest BCUT2D eigenvalue weighted by Gasteiger charge is -2.35. The molecule has 0 unspecified atom stereocenters. The highest BCUT2D eigenvalue weighted by molar-refractivity contribution is 7.89. The maximum Gasteiger partial charge on any atom is 0.349 e. The van der Waals surface area contributed by atoms with E-state index in [2.05, 4.69) is 4.74 Å². The summed E-state index contributed by atoms with van der Waals surface area (Å²) >= 11 is 6.80. The number of phenolic OH excluding ortho intramolecular Hbond substituents is 1. The third-order valence-corrected chi connectivity index (χ3v) is 7.41. The van der Waals surface area contributed by atoms with Gasteiger partial charge >= 0.3 is 5.97 Å². The first-order chi connectivity index (χ1) is 12.3. The number of nitrogens with zero attached hydrogens (tertiary/aromatic N) is 2. The summed E-state index contributed by atoms with van der Waals surface area (Å²) in [5.41, 5.74) is 0.665. The number of carbonyl (C=O) groups excluding carboxylic acids is 1. The number of aromatic hydroxyl groups is 1. The second kappa shape index (κ2) is 7.43. The van der Waals surface area contributed by atoms with Crippen molar-refractivity contribution in [2.24, 2.45) is 0 Å². The van der Waals surface area contributed by atoms with Crippen LogP contribution in [0.2, 0.25) is 4.34 Å². The molecular weight excluding hydrogens is 400 g/mol. The predicted octanol–water partition coefficient (Wildman–Crippen LogP) is 2.40. The Bertz CT molecular complexity index is 920. The maximum absolute atomic E-state index is 13.0. The van der Waals surface area contributed by atoms with E-state index in [1.54, 1.807) is 18.2 Å². The first-order valence-electron chi connectivity index (χ1n) is 7.75. The van der Waals surface area contributed by atoms with Gasteiger partial charge in [-0.2, -0.15) is 4.31 Å². The smallest absolute Gasteiger partial charge is 0.349 e. The molecule has 1 saturated heterocycles. The fraction of sp³-hybridized carbons (Fsp3) is 0.312. The quantitative estimate of drug-likeness (QED) is 0.770. The van der Waals surface area contributed by atoms with Crippen molar-refractivity contribution in [2.75, 3.05) is 38.2 Å². The molecule has 0 radical (unpaired) electrons. The molecule has 1 aliphatic rings. The molecule has 140 valence electrons. The lowest BCUT2D eigenvalue weighted by Crippen LogP contribution is -2.48. The normalized spacial score (nSPS) is 15.8. The van der Waals surface area contributed by atoms with Crippen molar-refractivity contribution in [2.45, 2.75) is 4.90 Å². The Morgan fingerprint density at radius 2 is 1.88 bits per heavy atom. The number of thiophene rings is 1. The minimum atomic E-state index is -3.87. The molecule has 7 nitrogen and oxygen atoms in total. The van der Waals surface area contributed by atoms with Gasteiger partial charge in [0, 0.05) is 26.2 Å². The molecule has 1 fully saturated rings. The van der Waals surface area contributed by atoms with Crippen molar-refractivity contribution in [3.8, 4) is 5.75 Å². The highest BCUT2D eigenvalue weighted by atomic mass is 35.5. The van der Waals surface area contributed by atoms with Gasteiger partial charge in [0.25, 0.3) is 0 Å². The number of para-hydroxylation sites is 2.